The molecule has 1 N–H and O–H groups in total. The summed E-state index contributed by atoms with van der Waals surface area (Å²) in [6, 6.07) is 6.79. The van der Waals surface area contributed by atoms with Crippen LogP contribution in [0.2, 0.25) is 5.15 Å². The van der Waals surface area contributed by atoms with Crippen molar-refractivity contribution >= 4 is 38.2 Å². The van der Waals surface area contributed by atoms with Crippen LogP contribution < -0.4 is 4.90 Å². The lowest BCUT2D eigenvalue weighted by atomic mass is 10.1. The molecule has 0 spiro atoms. The molecule has 3 heterocycles. The van der Waals surface area contributed by atoms with E-state index in [0.717, 1.165) is 18.5 Å². The Morgan fingerprint density at radius 2 is 1.96 bits per heavy atom. The first-order chi connectivity index (χ1) is 12.4. The standard InChI is InChI=1S/C17H17ClN4O3S/c1-26(23,24)11-8-13(12-2-3-19-14(12)9-11)17-20-15(18)10-16(21-17)22-4-6-25-7-5-22/h2-3,8-10,19H,4-7H2,1H3. The number of fused-ring (bicyclic) bond motifs is 1. The highest BCUT2D eigenvalue weighted by Gasteiger charge is 2.19. The van der Waals surface area contributed by atoms with Crippen LogP contribution in [0.25, 0.3) is 22.3 Å². The summed E-state index contributed by atoms with van der Waals surface area (Å²) >= 11 is 6.24. The second kappa shape index (κ2) is 6.53. The summed E-state index contributed by atoms with van der Waals surface area (Å²) in [4.78, 5) is 14.3. The normalized spacial score (nSPS) is 15.5. The number of anilines is 1. The fourth-order valence-electron chi connectivity index (χ4n) is 3.02. The molecule has 3 aromatic rings. The van der Waals surface area contributed by atoms with Crippen LogP contribution >= 0.6 is 11.6 Å². The number of aromatic amines is 1. The molecular formula is C17H17ClN4O3S. The number of halogens is 1. The summed E-state index contributed by atoms with van der Waals surface area (Å²) in [7, 11) is -3.38. The summed E-state index contributed by atoms with van der Waals surface area (Å²) < 4.78 is 29.5. The average Bonchev–Trinajstić information content (AvgIpc) is 3.09. The zero-order valence-corrected chi connectivity index (χ0v) is 15.6. The molecule has 1 aliphatic heterocycles. The first-order valence-electron chi connectivity index (χ1n) is 8.11. The van der Waals surface area contributed by atoms with Gasteiger partial charge in [0, 0.05) is 48.1 Å². The molecule has 7 nitrogen and oxygen atoms in total. The number of benzene rings is 1. The van der Waals surface area contributed by atoms with Gasteiger partial charge in [-0.25, -0.2) is 18.4 Å². The van der Waals surface area contributed by atoms with Gasteiger partial charge in [-0.2, -0.15) is 0 Å². The van der Waals surface area contributed by atoms with E-state index >= 15 is 0 Å². The lowest BCUT2D eigenvalue weighted by Gasteiger charge is -2.28. The van der Waals surface area contributed by atoms with Crippen LogP contribution in [0.4, 0.5) is 5.82 Å². The molecule has 1 fully saturated rings. The Balaban J connectivity index is 1.89. The van der Waals surface area contributed by atoms with Crippen molar-refractivity contribution in [1.29, 1.82) is 0 Å². The fraction of sp³-hybridized carbons (Fsp3) is 0.294. The number of H-pyrrole nitrogens is 1. The van der Waals surface area contributed by atoms with E-state index in [4.69, 9.17) is 16.3 Å². The van der Waals surface area contributed by atoms with Gasteiger partial charge in [0.25, 0.3) is 0 Å². The maximum atomic E-state index is 12.1. The molecule has 1 saturated heterocycles. The van der Waals surface area contributed by atoms with E-state index in [9.17, 15) is 8.42 Å². The number of nitrogens with zero attached hydrogens (tertiary/aromatic N) is 3. The minimum atomic E-state index is -3.38. The van der Waals surface area contributed by atoms with E-state index in [1.807, 2.05) is 6.07 Å². The van der Waals surface area contributed by atoms with Gasteiger partial charge in [0.2, 0.25) is 0 Å². The first kappa shape index (κ1) is 17.3. The molecular weight excluding hydrogens is 376 g/mol. The van der Waals surface area contributed by atoms with E-state index in [-0.39, 0.29) is 4.90 Å². The van der Waals surface area contributed by atoms with Crippen molar-refractivity contribution in [2.75, 3.05) is 37.5 Å². The summed E-state index contributed by atoms with van der Waals surface area (Å²) in [5.41, 5.74) is 1.33. The minimum Gasteiger partial charge on any atom is -0.378 e. The Morgan fingerprint density at radius 3 is 2.69 bits per heavy atom. The topological polar surface area (TPSA) is 88.2 Å². The van der Waals surface area contributed by atoms with Crippen molar-refractivity contribution in [2.45, 2.75) is 4.90 Å². The van der Waals surface area contributed by atoms with E-state index < -0.39 is 9.84 Å². The lowest BCUT2D eigenvalue weighted by Crippen LogP contribution is -2.36. The summed E-state index contributed by atoms with van der Waals surface area (Å²) in [5.74, 6) is 1.10. The monoisotopic (exact) mass is 392 g/mol. The Hall–Kier alpha value is -2.16. The van der Waals surface area contributed by atoms with Crippen molar-refractivity contribution in [3.8, 4) is 11.4 Å². The van der Waals surface area contributed by atoms with E-state index in [1.54, 1.807) is 24.4 Å². The highest BCUT2D eigenvalue weighted by molar-refractivity contribution is 7.90. The van der Waals surface area contributed by atoms with Gasteiger partial charge in [0.05, 0.1) is 18.1 Å². The summed E-state index contributed by atoms with van der Waals surface area (Å²) in [6.07, 6.45) is 2.94. The Morgan fingerprint density at radius 1 is 1.19 bits per heavy atom. The Kier molecular flexibility index (Phi) is 4.34. The molecule has 9 heteroatoms. The van der Waals surface area contributed by atoms with E-state index in [1.165, 1.54) is 6.26 Å². The van der Waals surface area contributed by atoms with Crippen LogP contribution in [-0.2, 0) is 14.6 Å². The van der Waals surface area contributed by atoms with Crippen molar-refractivity contribution < 1.29 is 13.2 Å². The second-order valence-electron chi connectivity index (χ2n) is 6.15. The molecule has 0 atom stereocenters. The van der Waals surface area contributed by atoms with Gasteiger partial charge in [-0.15, -0.1) is 0 Å². The van der Waals surface area contributed by atoms with Crippen LogP contribution in [0.15, 0.2) is 35.4 Å². The predicted molar refractivity (Wildman–Crippen MR) is 100 cm³/mol. The molecule has 1 aliphatic rings. The maximum Gasteiger partial charge on any atom is 0.175 e. The molecule has 0 saturated carbocycles. The van der Waals surface area contributed by atoms with Crippen molar-refractivity contribution in [2.24, 2.45) is 0 Å². The highest BCUT2D eigenvalue weighted by Crippen LogP contribution is 2.31. The van der Waals surface area contributed by atoms with Gasteiger partial charge in [0.15, 0.2) is 15.7 Å². The number of rotatable bonds is 3. The smallest absolute Gasteiger partial charge is 0.175 e. The number of hydrogen-bond acceptors (Lipinski definition) is 6. The van der Waals surface area contributed by atoms with Crippen molar-refractivity contribution in [3.05, 3.63) is 35.6 Å². The number of hydrogen-bond donors (Lipinski definition) is 1. The van der Waals surface area contributed by atoms with Gasteiger partial charge >= 0.3 is 0 Å². The molecule has 0 bridgehead atoms. The third kappa shape index (κ3) is 3.27. The molecule has 0 aliphatic carbocycles. The van der Waals surface area contributed by atoms with Gasteiger partial charge in [-0.1, -0.05) is 11.6 Å². The van der Waals surface area contributed by atoms with Gasteiger partial charge in [-0.3, -0.25) is 0 Å². The van der Waals surface area contributed by atoms with Crippen LogP contribution in [0.5, 0.6) is 0 Å². The fourth-order valence-corrected chi connectivity index (χ4v) is 3.86. The first-order valence-corrected chi connectivity index (χ1v) is 10.4. The number of ether oxygens (including phenoxy) is 1. The van der Waals surface area contributed by atoms with Crippen LogP contribution in [0.1, 0.15) is 0 Å². The van der Waals surface area contributed by atoms with E-state index in [2.05, 4.69) is 19.9 Å². The highest BCUT2D eigenvalue weighted by atomic mass is 35.5. The number of morpholine rings is 1. The molecule has 1 aromatic carbocycles. The SMILES string of the molecule is CS(=O)(=O)c1cc(-c2nc(Cl)cc(N3CCOCC3)n2)c2cc[nH]c2c1. The van der Waals surface area contributed by atoms with Crippen LogP contribution in [0, 0.1) is 0 Å². The molecule has 0 amide bonds. The quantitative estimate of drug-likeness (QED) is 0.689. The van der Waals surface area contributed by atoms with Crippen LogP contribution in [0.3, 0.4) is 0 Å². The van der Waals surface area contributed by atoms with Crippen molar-refractivity contribution in [3.63, 3.8) is 0 Å². The largest absolute Gasteiger partial charge is 0.378 e. The molecule has 0 unspecified atom stereocenters. The minimum absolute atomic E-state index is 0.207. The molecule has 2 aromatic heterocycles. The number of aromatic nitrogens is 3. The molecule has 26 heavy (non-hydrogen) atoms. The van der Waals surface area contributed by atoms with Crippen LogP contribution in [-0.4, -0.2) is 55.9 Å². The number of sulfone groups is 1. The molecule has 0 radical (unpaired) electrons. The van der Waals surface area contributed by atoms with Crippen molar-refractivity contribution in [1.82, 2.24) is 15.0 Å². The Bertz CT molecular complexity index is 1070. The third-order valence-corrected chi connectivity index (χ3v) is 5.61. The maximum absolute atomic E-state index is 12.1. The molecule has 4 rings (SSSR count). The third-order valence-electron chi connectivity index (χ3n) is 4.33. The van der Waals surface area contributed by atoms with Gasteiger partial charge < -0.3 is 14.6 Å². The Labute approximate surface area is 155 Å². The summed E-state index contributed by atoms with van der Waals surface area (Å²) in [5, 5.41) is 1.15. The van der Waals surface area contributed by atoms with Gasteiger partial charge in [-0.05, 0) is 18.2 Å². The second-order valence-corrected chi connectivity index (χ2v) is 8.56. The predicted octanol–water partition coefficient (Wildman–Crippen LogP) is 2.52. The van der Waals surface area contributed by atoms with Gasteiger partial charge in [0.1, 0.15) is 11.0 Å². The zero-order valence-electron chi connectivity index (χ0n) is 14.1. The lowest BCUT2D eigenvalue weighted by molar-refractivity contribution is 0.122. The zero-order chi connectivity index (χ0) is 18.3. The average molecular weight is 393 g/mol. The molecule has 136 valence electrons. The number of nitrogens with one attached hydrogen (secondary N) is 1. The summed E-state index contributed by atoms with van der Waals surface area (Å²) in [6.45, 7) is 2.69. The van der Waals surface area contributed by atoms with E-state index in [0.29, 0.717) is 41.1 Å².